The lowest BCUT2D eigenvalue weighted by molar-refractivity contribution is 0.151. The molecule has 0 heterocycles. The maximum absolute atomic E-state index is 2.55. The van der Waals surface area contributed by atoms with E-state index in [1.165, 1.54) is 12.8 Å². The van der Waals surface area contributed by atoms with Gasteiger partial charge in [0.15, 0.2) is 0 Å². The van der Waals surface area contributed by atoms with E-state index < -0.39 is 0 Å². The van der Waals surface area contributed by atoms with Crippen molar-refractivity contribution in [3.63, 3.8) is 0 Å². The van der Waals surface area contributed by atoms with Gasteiger partial charge in [-0.1, -0.05) is 24.3 Å². The van der Waals surface area contributed by atoms with Crippen molar-refractivity contribution in [2.45, 2.75) is 32.6 Å². The first-order valence-electron chi connectivity index (χ1n) is 7.18. The Balaban J connectivity index is 1.59. The zero-order valence-corrected chi connectivity index (χ0v) is 10.2. The Hall–Kier alpha value is -0.520. The summed E-state index contributed by atoms with van der Waals surface area (Å²) in [6, 6.07) is 0. The van der Waals surface area contributed by atoms with Gasteiger partial charge in [0.2, 0.25) is 0 Å². The Bertz CT molecular complexity index is 351. The van der Waals surface area contributed by atoms with Crippen LogP contribution in [0.2, 0.25) is 0 Å². The standard InChI is InChI=1S/C16H22/c1-2-3-4-10-7-13-9-14(10)16-12-6-5-11(8-12)15(13)16/h2-3,5-6,10-16H,4,7-9H2,1H3. The van der Waals surface area contributed by atoms with Crippen molar-refractivity contribution in [2.24, 2.45) is 41.4 Å². The Morgan fingerprint density at radius 1 is 1.06 bits per heavy atom. The summed E-state index contributed by atoms with van der Waals surface area (Å²) in [5.41, 5.74) is 0. The molecule has 86 valence electrons. The second kappa shape index (κ2) is 3.24. The van der Waals surface area contributed by atoms with Crippen molar-refractivity contribution in [3.05, 3.63) is 24.3 Å². The van der Waals surface area contributed by atoms with Crippen molar-refractivity contribution in [2.75, 3.05) is 0 Å². The van der Waals surface area contributed by atoms with Gasteiger partial charge in [-0.25, -0.2) is 0 Å². The first-order chi connectivity index (χ1) is 7.88. The second-order valence-electron chi connectivity index (χ2n) is 6.56. The Morgan fingerprint density at radius 3 is 2.69 bits per heavy atom. The van der Waals surface area contributed by atoms with Gasteiger partial charge in [-0.3, -0.25) is 0 Å². The summed E-state index contributed by atoms with van der Waals surface area (Å²) in [4.78, 5) is 0. The van der Waals surface area contributed by atoms with Crippen LogP contribution in [0.15, 0.2) is 24.3 Å². The molecule has 4 aliphatic carbocycles. The molecule has 0 saturated heterocycles. The quantitative estimate of drug-likeness (QED) is 0.480. The van der Waals surface area contributed by atoms with Crippen LogP contribution in [0.3, 0.4) is 0 Å². The van der Waals surface area contributed by atoms with Gasteiger partial charge in [0.25, 0.3) is 0 Å². The topological polar surface area (TPSA) is 0 Å². The normalized spacial score (nSPS) is 56.7. The SMILES string of the molecule is CC=CCC1CC2CC1C1C3C=CC(C3)C21. The van der Waals surface area contributed by atoms with Crippen molar-refractivity contribution >= 4 is 0 Å². The van der Waals surface area contributed by atoms with Crippen LogP contribution in [-0.2, 0) is 0 Å². The molecule has 3 fully saturated rings. The fourth-order valence-electron chi connectivity index (χ4n) is 5.73. The maximum Gasteiger partial charge on any atom is -0.0194 e. The minimum atomic E-state index is 0.985. The van der Waals surface area contributed by atoms with Crippen LogP contribution in [0.25, 0.3) is 0 Å². The minimum Gasteiger partial charge on any atom is -0.0917 e. The molecule has 0 aromatic rings. The predicted octanol–water partition coefficient (Wildman–Crippen LogP) is 4.05. The monoisotopic (exact) mass is 214 g/mol. The highest BCUT2D eigenvalue weighted by molar-refractivity contribution is 5.20. The van der Waals surface area contributed by atoms with Crippen LogP contribution in [0, 0.1) is 41.4 Å². The van der Waals surface area contributed by atoms with E-state index >= 15 is 0 Å². The first kappa shape index (κ1) is 9.50. The predicted molar refractivity (Wildman–Crippen MR) is 66.9 cm³/mol. The van der Waals surface area contributed by atoms with E-state index in [0.29, 0.717) is 0 Å². The lowest BCUT2D eigenvalue weighted by Crippen LogP contribution is -2.30. The fraction of sp³-hybridized carbons (Fsp3) is 0.750. The summed E-state index contributed by atoms with van der Waals surface area (Å²) in [7, 11) is 0. The molecule has 0 nitrogen and oxygen atoms in total. The Labute approximate surface area is 98.8 Å². The number of rotatable bonds is 2. The molecule has 0 N–H and O–H groups in total. The number of fused-ring (bicyclic) bond motifs is 9. The molecule has 4 bridgehead atoms. The number of hydrogen-bond donors (Lipinski definition) is 0. The molecule has 4 aliphatic rings. The van der Waals surface area contributed by atoms with Crippen molar-refractivity contribution in [1.82, 2.24) is 0 Å². The highest BCUT2D eigenvalue weighted by Gasteiger charge is 2.60. The molecule has 3 saturated carbocycles. The fourth-order valence-corrected chi connectivity index (χ4v) is 5.73. The van der Waals surface area contributed by atoms with Crippen LogP contribution < -0.4 is 0 Å². The molecule has 0 amide bonds. The molecule has 0 radical (unpaired) electrons. The lowest BCUT2D eigenvalue weighted by atomic mass is 9.69. The summed E-state index contributed by atoms with van der Waals surface area (Å²) < 4.78 is 0. The van der Waals surface area contributed by atoms with Crippen LogP contribution >= 0.6 is 0 Å². The van der Waals surface area contributed by atoms with E-state index in [2.05, 4.69) is 31.2 Å². The average molecular weight is 214 g/mol. The summed E-state index contributed by atoms with van der Waals surface area (Å²) in [6.07, 6.45) is 15.8. The molecule has 16 heavy (non-hydrogen) atoms. The second-order valence-corrected chi connectivity index (χ2v) is 6.56. The van der Waals surface area contributed by atoms with Crippen LogP contribution in [0.1, 0.15) is 32.6 Å². The van der Waals surface area contributed by atoms with Gasteiger partial charge >= 0.3 is 0 Å². The van der Waals surface area contributed by atoms with Gasteiger partial charge in [-0.2, -0.15) is 0 Å². The number of allylic oxidation sites excluding steroid dienone is 4. The molecule has 7 unspecified atom stereocenters. The lowest BCUT2D eigenvalue weighted by Gasteiger charge is -2.36. The molecule has 0 heteroatoms. The van der Waals surface area contributed by atoms with Crippen LogP contribution in [-0.4, -0.2) is 0 Å². The van der Waals surface area contributed by atoms with Gasteiger partial charge in [-0.15, -0.1) is 0 Å². The van der Waals surface area contributed by atoms with E-state index in [4.69, 9.17) is 0 Å². The van der Waals surface area contributed by atoms with Crippen molar-refractivity contribution < 1.29 is 0 Å². The highest BCUT2D eigenvalue weighted by atomic mass is 14.6. The Kier molecular flexibility index (Phi) is 1.93. The Morgan fingerprint density at radius 2 is 1.88 bits per heavy atom. The van der Waals surface area contributed by atoms with Crippen LogP contribution in [0.5, 0.6) is 0 Å². The van der Waals surface area contributed by atoms with E-state index in [0.717, 1.165) is 41.4 Å². The molecule has 0 aromatic heterocycles. The largest absolute Gasteiger partial charge is 0.0917 e. The summed E-state index contributed by atoms with van der Waals surface area (Å²) >= 11 is 0. The molecule has 0 aromatic carbocycles. The van der Waals surface area contributed by atoms with Gasteiger partial charge in [0.1, 0.15) is 0 Å². The third-order valence-electron chi connectivity index (χ3n) is 6.08. The third kappa shape index (κ3) is 1.06. The summed E-state index contributed by atoms with van der Waals surface area (Å²) in [6.45, 7) is 2.16. The summed E-state index contributed by atoms with van der Waals surface area (Å²) in [5, 5.41) is 0. The van der Waals surface area contributed by atoms with Gasteiger partial charge in [0, 0.05) is 0 Å². The van der Waals surface area contributed by atoms with Gasteiger partial charge in [-0.05, 0) is 74.0 Å². The van der Waals surface area contributed by atoms with Gasteiger partial charge < -0.3 is 0 Å². The van der Waals surface area contributed by atoms with E-state index in [1.807, 2.05) is 0 Å². The highest BCUT2D eigenvalue weighted by Crippen LogP contribution is 2.67. The smallest absolute Gasteiger partial charge is 0.0194 e. The minimum absolute atomic E-state index is 0.985. The molecule has 4 rings (SSSR count). The molecular weight excluding hydrogens is 192 g/mol. The average Bonchev–Trinajstić information content (AvgIpc) is 3.02. The summed E-state index contributed by atoms with van der Waals surface area (Å²) in [5.74, 6) is 7.42. The van der Waals surface area contributed by atoms with E-state index in [9.17, 15) is 0 Å². The molecular formula is C16H22. The third-order valence-corrected chi connectivity index (χ3v) is 6.08. The molecule has 7 atom stereocenters. The molecule has 0 aliphatic heterocycles. The zero-order valence-electron chi connectivity index (χ0n) is 10.2. The maximum atomic E-state index is 2.55. The van der Waals surface area contributed by atoms with Gasteiger partial charge in [0.05, 0.1) is 0 Å². The van der Waals surface area contributed by atoms with Crippen LogP contribution in [0.4, 0.5) is 0 Å². The van der Waals surface area contributed by atoms with E-state index in [-0.39, 0.29) is 0 Å². The molecule has 0 spiro atoms. The van der Waals surface area contributed by atoms with Crippen molar-refractivity contribution in [3.8, 4) is 0 Å². The zero-order chi connectivity index (χ0) is 10.7. The first-order valence-corrected chi connectivity index (χ1v) is 7.18. The van der Waals surface area contributed by atoms with E-state index in [1.54, 1.807) is 12.8 Å². The number of hydrogen-bond acceptors (Lipinski definition) is 0. The van der Waals surface area contributed by atoms with Crippen molar-refractivity contribution in [1.29, 1.82) is 0 Å².